The molecule has 2 amide bonds. The Labute approximate surface area is 160 Å². The van der Waals surface area contributed by atoms with Gasteiger partial charge in [-0.1, -0.05) is 6.07 Å². The Balaban J connectivity index is 1.42. The van der Waals surface area contributed by atoms with E-state index in [0.717, 1.165) is 19.4 Å². The minimum Gasteiger partial charge on any atom is -0.491 e. The summed E-state index contributed by atoms with van der Waals surface area (Å²) in [5.41, 5.74) is 0.289. The van der Waals surface area contributed by atoms with E-state index in [-0.39, 0.29) is 11.7 Å². The minimum atomic E-state index is -0.682. The van der Waals surface area contributed by atoms with Gasteiger partial charge in [-0.2, -0.15) is 0 Å². The lowest BCUT2D eigenvalue weighted by Gasteiger charge is -2.11. The normalized spacial score (nSPS) is 15.9. The van der Waals surface area contributed by atoms with Gasteiger partial charge in [0.25, 0.3) is 11.8 Å². The van der Waals surface area contributed by atoms with Gasteiger partial charge in [0.2, 0.25) is 0 Å². The van der Waals surface area contributed by atoms with Crippen molar-refractivity contribution in [2.75, 3.05) is 19.8 Å². The Morgan fingerprint density at radius 2 is 2.00 bits per heavy atom. The summed E-state index contributed by atoms with van der Waals surface area (Å²) in [5.74, 6) is -1.22. The van der Waals surface area contributed by atoms with Gasteiger partial charge in [-0.3, -0.25) is 14.9 Å². The topological polar surface area (TPSA) is 90.9 Å². The number of hydrogen-bond donors (Lipinski definition) is 1. The van der Waals surface area contributed by atoms with Gasteiger partial charge < -0.3 is 14.2 Å². The first-order valence-electron chi connectivity index (χ1n) is 8.51. The molecule has 2 aromatic rings. The average molecular weight is 389 g/mol. The number of nitrogens with one attached hydrogen (secondary N) is 1. The molecule has 27 heavy (non-hydrogen) atoms. The van der Waals surface area contributed by atoms with Crippen LogP contribution in [0.5, 0.6) is 5.75 Å². The van der Waals surface area contributed by atoms with Gasteiger partial charge in [0, 0.05) is 6.61 Å². The van der Waals surface area contributed by atoms with Crippen molar-refractivity contribution in [1.29, 1.82) is 0 Å². The molecule has 2 heterocycles. The third kappa shape index (κ3) is 5.63. The summed E-state index contributed by atoms with van der Waals surface area (Å²) in [6.07, 6.45) is 2.15. The average Bonchev–Trinajstić information content (AvgIpc) is 3.38. The second-order valence-corrected chi connectivity index (χ2v) is 6.85. The summed E-state index contributed by atoms with van der Waals surface area (Å²) < 4.78 is 16.0. The van der Waals surface area contributed by atoms with Gasteiger partial charge in [-0.25, -0.2) is 4.79 Å². The molecule has 7 nitrogen and oxygen atoms in total. The summed E-state index contributed by atoms with van der Waals surface area (Å²) in [7, 11) is 0. The van der Waals surface area contributed by atoms with E-state index >= 15 is 0 Å². The molecule has 3 rings (SSSR count). The highest BCUT2D eigenvalue weighted by Crippen LogP contribution is 2.17. The van der Waals surface area contributed by atoms with Crippen LogP contribution in [0, 0.1) is 0 Å². The molecule has 1 fully saturated rings. The predicted octanol–water partition coefficient (Wildman–Crippen LogP) is 2.42. The molecule has 1 aliphatic heterocycles. The van der Waals surface area contributed by atoms with Crippen molar-refractivity contribution in [3.63, 3.8) is 0 Å². The van der Waals surface area contributed by atoms with E-state index in [0.29, 0.717) is 17.2 Å². The van der Waals surface area contributed by atoms with E-state index in [1.54, 1.807) is 41.8 Å². The lowest BCUT2D eigenvalue weighted by atomic mass is 10.2. The summed E-state index contributed by atoms with van der Waals surface area (Å²) >= 11 is 1.22. The molecule has 1 N–H and O–H groups in total. The van der Waals surface area contributed by atoms with Crippen molar-refractivity contribution < 1.29 is 28.6 Å². The number of ether oxygens (including phenoxy) is 3. The van der Waals surface area contributed by atoms with Gasteiger partial charge >= 0.3 is 5.97 Å². The molecule has 1 aromatic heterocycles. The van der Waals surface area contributed by atoms with Gasteiger partial charge in [-0.15, -0.1) is 11.3 Å². The van der Waals surface area contributed by atoms with Crippen LogP contribution < -0.4 is 10.1 Å². The maximum Gasteiger partial charge on any atom is 0.338 e. The van der Waals surface area contributed by atoms with Crippen LogP contribution in [0.3, 0.4) is 0 Å². The van der Waals surface area contributed by atoms with Crippen LogP contribution in [0.15, 0.2) is 41.8 Å². The summed E-state index contributed by atoms with van der Waals surface area (Å²) in [6, 6.07) is 9.74. The Morgan fingerprint density at radius 3 is 2.67 bits per heavy atom. The second-order valence-electron chi connectivity index (χ2n) is 5.90. The zero-order valence-electron chi connectivity index (χ0n) is 14.5. The molecular formula is C19H19NO6S. The highest BCUT2D eigenvalue weighted by Gasteiger charge is 2.17. The van der Waals surface area contributed by atoms with Crippen LogP contribution in [0.25, 0.3) is 0 Å². The molecule has 0 bridgehead atoms. The molecule has 1 aliphatic rings. The van der Waals surface area contributed by atoms with Crippen LogP contribution in [0.4, 0.5) is 0 Å². The second kappa shape index (κ2) is 9.29. The third-order valence-corrected chi connectivity index (χ3v) is 4.75. The molecule has 0 saturated carbocycles. The minimum absolute atomic E-state index is 0.116. The molecule has 0 unspecified atom stereocenters. The Kier molecular flexibility index (Phi) is 6.56. The molecule has 0 radical (unpaired) electrons. The van der Waals surface area contributed by atoms with Gasteiger partial charge in [0.1, 0.15) is 12.4 Å². The monoisotopic (exact) mass is 389 g/mol. The van der Waals surface area contributed by atoms with E-state index in [4.69, 9.17) is 14.2 Å². The first kappa shape index (κ1) is 19.1. The fourth-order valence-corrected chi connectivity index (χ4v) is 3.12. The molecule has 1 aromatic carbocycles. The lowest BCUT2D eigenvalue weighted by Crippen LogP contribution is -2.33. The number of hydrogen-bond acceptors (Lipinski definition) is 7. The van der Waals surface area contributed by atoms with Crippen molar-refractivity contribution in [1.82, 2.24) is 5.32 Å². The molecular weight excluding hydrogens is 370 g/mol. The van der Waals surface area contributed by atoms with Crippen molar-refractivity contribution in [2.45, 2.75) is 18.9 Å². The largest absolute Gasteiger partial charge is 0.491 e. The fourth-order valence-electron chi connectivity index (χ4n) is 2.50. The number of carbonyl (C=O) groups is 3. The Morgan fingerprint density at radius 1 is 1.19 bits per heavy atom. The molecule has 0 aliphatic carbocycles. The molecule has 142 valence electrons. The summed E-state index contributed by atoms with van der Waals surface area (Å²) in [5, 5.41) is 3.89. The van der Waals surface area contributed by atoms with E-state index in [1.807, 2.05) is 0 Å². The van der Waals surface area contributed by atoms with Gasteiger partial charge in [0.15, 0.2) is 6.61 Å². The van der Waals surface area contributed by atoms with Crippen molar-refractivity contribution in [3.05, 3.63) is 52.2 Å². The molecule has 8 heteroatoms. The third-order valence-electron chi connectivity index (χ3n) is 3.88. The Hall–Kier alpha value is -2.71. The molecule has 1 atom stereocenters. The number of amides is 2. The number of benzene rings is 1. The van der Waals surface area contributed by atoms with Gasteiger partial charge in [0.05, 0.1) is 16.5 Å². The lowest BCUT2D eigenvalue weighted by molar-refractivity contribution is -0.123. The van der Waals surface area contributed by atoms with E-state index in [2.05, 4.69) is 5.32 Å². The smallest absolute Gasteiger partial charge is 0.338 e. The van der Waals surface area contributed by atoms with E-state index in [9.17, 15) is 14.4 Å². The van der Waals surface area contributed by atoms with Crippen molar-refractivity contribution in [2.24, 2.45) is 0 Å². The number of rotatable bonds is 7. The van der Waals surface area contributed by atoms with Gasteiger partial charge in [-0.05, 0) is 48.6 Å². The molecule has 0 spiro atoms. The van der Waals surface area contributed by atoms with E-state index in [1.165, 1.54) is 11.3 Å². The fraction of sp³-hybridized carbons (Fsp3) is 0.316. The van der Waals surface area contributed by atoms with Crippen LogP contribution in [0.1, 0.15) is 32.9 Å². The highest BCUT2D eigenvalue weighted by molar-refractivity contribution is 7.12. The van der Waals surface area contributed by atoms with E-state index < -0.39 is 24.4 Å². The zero-order valence-corrected chi connectivity index (χ0v) is 15.3. The number of thiophene rings is 1. The maximum atomic E-state index is 12.0. The van der Waals surface area contributed by atoms with Crippen LogP contribution in [-0.2, 0) is 14.3 Å². The summed E-state index contributed by atoms with van der Waals surface area (Å²) in [4.78, 5) is 35.9. The zero-order chi connectivity index (χ0) is 19.1. The first-order valence-corrected chi connectivity index (χ1v) is 9.39. The quantitative estimate of drug-likeness (QED) is 0.732. The number of esters is 1. The predicted molar refractivity (Wildman–Crippen MR) is 98.0 cm³/mol. The highest BCUT2D eigenvalue weighted by atomic mass is 32.1. The van der Waals surface area contributed by atoms with Crippen LogP contribution in [-0.4, -0.2) is 43.7 Å². The number of imide groups is 1. The number of carbonyl (C=O) groups excluding carboxylic acids is 3. The van der Waals surface area contributed by atoms with Crippen molar-refractivity contribution in [3.8, 4) is 5.75 Å². The standard InChI is InChI=1S/C19H19NO6S/c21-17(20-18(22)16-4-2-10-27-16)12-26-19(23)13-5-7-14(8-6-13)25-11-15-3-1-9-24-15/h2,4-8,10,15H,1,3,9,11-12H2,(H,20,21,22)/t15-/m1/s1. The SMILES string of the molecule is O=C(COC(=O)c1ccc(OC[C@H]2CCCO2)cc1)NC(=O)c1cccs1. The first-order chi connectivity index (χ1) is 13.1. The van der Waals surface area contributed by atoms with Crippen LogP contribution in [0.2, 0.25) is 0 Å². The molecule has 1 saturated heterocycles. The maximum absolute atomic E-state index is 12.0. The Bertz CT molecular complexity index is 781. The van der Waals surface area contributed by atoms with Crippen LogP contribution >= 0.6 is 11.3 Å². The summed E-state index contributed by atoms with van der Waals surface area (Å²) in [6.45, 7) is 0.709. The van der Waals surface area contributed by atoms with Crippen molar-refractivity contribution >= 4 is 29.1 Å².